The molecule has 0 saturated carbocycles. The minimum atomic E-state index is -4.64. The van der Waals surface area contributed by atoms with Crippen molar-refractivity contribution in [2.75, 3.05) is 0 Å². The van der Waals surface area contributed by atoms with Crippen LogP contribution in [0.25, 0.3) is 0 Å². The number of aromatic carboxylic acids is 2. The second-order valence-electron chi connectivity index (χ2n) is 3.64. The normalized spacial score (nSPS) is 9.15. The van der Waals surface area contributed by atoms with Crippen LogP contribution >= 0.6 is 7.82 Å². The summed E-state index contributed by atoms with van der Waals surface area (Å²) in [5.74, 6) is -5.55. The monoisotopic (exact) mass is 424 g/mol. The second kappa shape index (κ2) is 17.1. The maximum absolute atomic E-state index is 10.4. The molecule has 0 atom stereocenters. The molecule has 0 spiro atoms. The molecule has 0 aliphatic rings. The first-order chi connectivity index (χ1) is 11.3. The van der Waals surface area contributed by atoms with Gasteiger partial charge in [0.15, 0.2) is 0 Å². The molecule has 0 fully saturated rings. The minimum absolute atomic E-state index is 0. The maximum Gasteiger partial charge on any atom is 1.00 e. The number of rotatable bonds is 4. The number of carboxylic acids is 4. The number of hydrogen-bond acceptors (Lipinski definition) is 7. The SMILES string of the molecule is O=C([O-])/C=C\C(=O)O.O=C([O-])c1ccccc1C(=O)O.O=P(O)(O)O.[Na+].[Na+]. The van der Waals surface area contributed by atoms with Crippen LogP contribution in [0.1, 0.15) is 20.7 Å². The molecule has 0 aromatic heterocycles. The number of benzene rings is 1. The predicted octanol–water partition coefficient (Wildman–Crippen LogP) is -8.80. The molecule has 0 bridgehead atoms. The third-order valence-electron chi connectivity index (χ3n) is 1.74. The van der Waals surface area contributed by atoms with E-state index in [1.165, 1.54) is 24.3 Å². The fourth-order valence-electron chi connectivity index (χ4n) is 0.987. The maximum atomic E-state index is 10.4. The quantitative estimate of drug-likeness (QED) is 0.172. The van der Waals surface area contributed by atoms with E-state index >= 15 is 0 Å². The summed E-state index contributed by atoms with van der Waals surface area (Å²) in [6.07, 6.45) is 0.942. The second-order valence-corrected chi connectivity index (χ2v) is 4.67. The summed E-state index contributed by atoms with van der Waals surface area (Å²) in [4.78, 5) is 61.3. The number of phosphoric acid groups is 1. The van der Waals surface area contributed by atoms with Gasteiger partial charge in [0.25, 0.3) is 0 Å². The van der Waals surface area contributed by atoms with E-state index in [0.29, 0.717) is 12.2 Å². The molecule has 0 saturated heterocycles. The molecule has 12 nitrogen and oxygen atoms in total. The Morgan fingerprint density at radius 2 is 1.22 bits per heavy atom. The Morgan fingerprint density at radius 1 is 0.852 bits per heavy atom. The van der Waals surface area contributed by atoms with Crippen molar-refractivity contribution in [2.24, 2.45) is 0 Å². The Bertz CT molecular complexity index is 655. The zero-order valence-corrected chi connectivity index (χ0v) is 18.9. The van der Waals surface area contributed by atoms with E-state index < -0.39 is 31.7 Å². The largest absolute Gasteiger partial charge is 1.00 e. The molecule has 5 N–H and O–H groups in total. The van der Waals surface area contributed by atoms with Crippen molar-refractivity contribution < 1.29 is 118 Å². The van der Waals surface area contributed by atoms with Crippen molar-refractivity contribution in [1.82, 2.24) is 0 Å². The van der Waals surface area contributed by atoms with Crippen LogP contribution in [-0.4, -0.2) is 48.8 Å². The van der Waals surface area contributed by atoms with Crippen LogP contribution in [0.2, 0.25) is 0 Å². The molecule has 1 aromatic carbocycles. The van der Waals surface area contributed by atoms with Gasteiger partial charge in [-0.05, 0) is 12.1 Å². The molecular formula is C12H11Na2O12P. The van der Waals surface area contributed by atoms with Crippen LogP contribution < -0.4 is 69.3 Å². The molecule has 138 valence electrons. The van der Waals surface area contributed by atoms with Gasteiger partial charge in [-0.2, -0.15) is 0 Å². The fraction of sp³-hybridized carbons (Fsp3) is 0. The van der Waals surface area contributed by atoms with Crippen molar-refractivity contribution in [3.8, 4) is 0 Å². The standard InChI is InChI=1S/C8H6O4.C4H4O4.2Na.H3O4P/c9-7(10)5-3-1-2-4-6(5)8(11)12;5-3(6)1-2-4(7)8;;;1-5(2,3)4/h1-4H,(H,9,10)(H,11,12);1-2H,(H,5,6)(H,7,8);;;(H3,1,2,3,4)/q;;2*+1;/p-2/b;2-1-;;;. The molecule has 1 aromatic rings. The summed E-state index contributed by atoms with van der Waals surface area (Å²) < 4.78 is 8.88. The Labute approximate surface area is 196 Å². The van der Waals surface area contributed by atoms with Gasteiger partial charge in [-0.1, -0.05) is 18.2 Å². The Morgan fingerprint density at radius 3 is 1.41 bits per heavy atom. The van der Waals surface area contributed by atoms with Crippen LogP contribution in [-0.2, 0) is 14.2 Å². The summed E-state index contributed by atoms with van der Waals surface area (Å²) in [6, 6.07) is 5.31. The van der Waals surface area contributed by atoms with Crippen LogP contribution in [0.5, 0.6) is 0 Å². The average molecular weight is 424 g/mol. The minimum Gasteiger partial charge on any atom is -0.545 e. The Balaban J connectivity index is -0.000000155. The topological polar surface area (TPSA) is 233 Å². The number of carboxylic acid groups (broad SMARTS) is 4. The van der Waals surface area contributed by atoms with Crippen molar-refractivity contribution in [2.45, 2.75) is 0 Å². The Kier molecular flexibility index (Phi) is 21.2. The van der Waals surface area contributed by atoms with Gasteiger partial charge in [0, 0.05) is 11.6 Å². The molecule has 0 radical (unpaired) electrons. The first kappa shape index (κ1) is 33.5. The van der Waals surface area contributed by atoms with E-state index in [4.69, 9.17) is 29.5 Å². The molecule has 0 heterocycles. The summed E-state index contributed by atoms with van der Waals surface area (Å²) in [5.41, 5.74) is -0.553. The van der Waals surface area contributed by atoms with Gasteiger partial charge in [0.1, 0.15) is 0 Å². The van der Waals surface area contributed by atoms with Crippen molar-refractivity contribution >= 4 is 31.7 Å². The van der Waals surface area contributed by atoms with Crippen molar-refractivity contribution in [1.29, 1.82) is 0 Å². The number of carbonyl (C=O) groups is 4. The van der Waals surface area contributed by atoms with Crippen LogP contribution in [0.4, 0.5) is 0 Å². The molecule has 0 unspecified atom stereocenters. The van der Waals surface area contributed by atoms with E-state index in [0.717, 1.165) is 0 Å². The molecule has 15 heteroatoms. The van der Waals surface area contributed by atoms with Gasteiger partial charge in [-0.15, -0.1) is 0 Å². The summed E-state index contributed by atoms with van der Waals surface area (Å²) in [5, 5.41) is 36.1. The number of carbonyl (C=O) groups excluding carboxylic acids is 2. The van der Waals surface area contributed by atoms with E-state index in [9.17, 15) is 29.4 Å². The summed E-state index contributed by atoms with van der Waals surface area (Å²) in [7, 11) is -4.64. The van der Waals surface area contributed by atoms with Crippen molar-refractivity contribution in [3.63, 3.8) is 0 Å². The van der Waals surface area contributed by atoms with Gasteiger partial charge in [-0.25, -0.2) is 14.2 Å². The van der Waals surface area contributed by atoms with Gasteiger partial charge in [0.05, 0.1) is 17.5 Å². The third kappa shape index (κ3) is 24.9. The predicted molar refractivity (Wildman–Crippen MR) is 73.8 cm³/mol. The molecule has 1 rings (SSSR count). The zero-order chi connectivity index (χ0) is 20.2. The summed E-state index contributed by atoms with van der Waals surface area (Å²) in [6.45, 7) is 0. The van der Waals surface area contributed by atoms with Crippen molar-refractivity contribution in [3.05, 3.63) is 47.5 Å². The first-order valence-electron chi connectivity index (χ1n) is 5.69. The smallest absolute Gasteiger partial charge is 0.545 e. The van der Waals surface area contributed by atoms with E-state index in [2.05, 4.69) is 0 Å². The molecule has 0 amide bonds. The van der Waals surface area contributed by atoms with Gasteiger partial charge in [0.2, 0.25) is 0 Å². The van der Waals surface area contributed by atoms with Crippen LogP contribution in [0.3, 0.4) is 0 Å². The van der Waals surface area contributed by atoms with E-state index in [-0.39, 0.29) is 70.2 Å². The van der Waals surface area contributed by atoms with Gasteiger partial charge < -0.3 is 44.7 Å². The molecule has 0 aliphatic carbocycles. The van der Waals surface area contributed by atoms with E-state index in [1.807, 2.05) is 0 Å². The van der Waals surface area contributed by atoms with Gasteiger partial charge >= 0.3 is 78.9 Å². The number of aliphatic carboxylic acids is 2. The third-order valence-corrected chi connectivity index (χ3v) is 1.74. The Hall–Kier alpha value is -1.05. The number of hydrogen-bond donors (Lipinski definition) is 5. The fourth-order valence-corrected chi connectivity index (χ4v) is 0.987. The average Bonchev–Trinajstić information content (AvgIpc) is 2.44. The first-order valence-corrected chi connectivity index (χ1v) is 7.26. The molecule has 0 aliphatic heterocycles. The molecule has 27 heavy (non-hydrogen) atoms. The molecular weight excluding hydrogens is 413 g/mol. The van der Waals surface area contributed by atoms with Crippen LogP contribution in [0, 0.1) is 0 Å². The van der Waals surface area contributed by atoms with Crippen LogP contribution in [0.15, 0.2) is 36.4 Å². The zero-order valence-electron chi connectivity index (χ0n) is 14.0. The van der Waals surface area contributed by atoms with E-state index in [1.54, 1.807) is 0 Å². The summed E-state index contributed by atoms with van der Waals surface area (Å²) >= 11 is 0. The van der Waals surface area contributed by atoms with Gasteiger partial charge in [-0.3, -0.25) is 0 Å².